The molecule has 0 saturated carbocycles. The van der Waals surface area contributed by atoms with E-state index in [1.165, 1.54) is 7.05 Å². The number of hydrogen-bond acceptors (Lipinski definition) is 5. The Morgan fingerprint density at radius 2 is 1.81 bits per heavy atom. The van der Waals surface area contributed by atoms with Crippen LogP contribution >= 0.6 is 0 Å². The highest BCUT2D eigenvalue weighted by molar-refractivity contribution is 5.69. The lowest BCUT2D eigenvalue weighted by molar-refractivity contribution is 0.738. The van der Waals surface area contributed by atoms with E-state index in [9.17, 15) is 14.4 Å². The second-order valence-electron chi connectivity index (χ2n) is 6.13. The van der Waals surface area contributed by atoms with E-state index >= 15 is 0 Å². The summed E-state index contributed by atoms with van der Waals surface area (Å²) in [5, 5.41) is 0. The van der Waals surface area contributed by atoms with E-state index in [4.69, 9.17) is 0 Å². The van der Waals surface area contributed by atoms with Gasteiger partial charge >= 0.3 is 5.69 Å². The minimum atomic E-state index is -0.497. The molecule has 132 valence electrons. The third kappa shape index (κ3) is 2.30. The highest BCUT2D eigenvalue weighted by Crippen LogP contribution is 2.32. The molecule has 0 fully saturated rings. The lowest BCUT2D eigenvalue weighted by Gasteiger charge is -2.30. The van der Waals surface area contributed by atoms with Gasteiger partial charge in [0, 0.05) is 25.6 Å². The normalized spacial score (nSPS) is 12.6. The van der Waals surface area contributed by atoms with Gasteiger partial charge in [0.2, 0.25) is 0 Å². The van der Waals surface area contributed by atoms with Crippen molar-refractivity contribution in [1.29, 1.82) is 0 Å². The highest BCUT2D eigenvalue weighted by Gasteiger charge is 2.29. The molecule has 26 heavy (non-hydrogen) atoms. The summed E-state index contributed by atoms with van der Waals surface area (Å²) in [6.45, 7) is 2.33. The average Bonchev–Trinajstić information content (AvgIpc) is 2.66. The average molecular weight is 351 g/mol. The third-order valence-corrected chi connectivity index (χ3v) is 4.61. The number of hydrogen-bond donors (Lipinski definition) is 2. The molecule has 0 bridgehead atoms. The number of benzene rings is 1. The first kappa shape index (κ1) is 16.1. The number of fused-ring (bicyclic) bond motifs is 2. The smallest absolute Gasteiger partial charge is 0.312 e. The van der Waals surface area contributed by atoms with Crippen LogP contribution in [0.2, 0.25) is 0 Å². The number of rotatable bonds is 2. The second-order valence-corrected chi connectivity index (χ2v) is 6.13. The molecule has 1 aliphatic heterocycles. The Morgan fingerprint density at radius 1 is 1.08 bits per heavy atom. The fourth-order valence-electron chi connectivity index (χ4n) is 3.24. The van der Waals surface area contributed by atoms with E-state index in [0.29, 0.717) is 35.1 Å². The Hall–Kier alpha value is -3.42. The number of H-pyrrole nitrogens is 2. The van der Waals surface area contributed by atoms with Gasteiger partial charge in [-0.25, -0.2) is 9.78 Å². The van der Waals surface area contributed by atoms with Crippen molar-refractivity contribution in [3.8, 4) is 11.4 Å². The van der Waals surface area contributed by atoms with Crippen LogP contribution in [0, 0.1) is 0 Å². The van der Waals surface area contributed by atoms with Crippen LogP contribution in [0.4, 0.5) is 11.6 Å². The Bertz CT molecular complexity index is 1170. The van der Waals surface area contributed by atoms with Crippen LogP contribution in [0.15, 0.2) is 44.7 Å². The zero-order valence-corrected chi connectivity index (χ0v) is 14.4. The molecule has 0 amide bonds. The molecular formula is C18H17N5O3. The van der Waals surface area contributed by atoms with Crippen LogP contribution in [-0.2, 0) is 13.5 Å². The zero-order valence-electron chi connectivity index (χ0n) is 14.4. The van der Waals surface area contributed by atoms with Gasteiger partial charge in [0.05, 0.1) is 11.1 Å². The fourth-order valence-corrected chi connectivity index (χ4v) is 3.24. The molecule has 0 atom stereocenters. The first-order chi connectivity index (χ1) is 12.5. The van der Waals surface area contributed by atoms with Crippen molar-refractivity contribution in [3.63, 3.8) is 0 Å². The number of nitrogens with zero attached hydrogens (tertiary/aromatic N) is 3. The lowest BCUT2D eigenvalue weighted by Crippen LogP contribution is -2.41. The SMILES string of the molecule is CCN1c2nc(-c3ccccc3)[nH]c(=O)c2Cc2c1[nH]c(=O)n(C)c2=O. The summed E-state index contributed by atoms with van der Waals surface area (Å²) in [5.74, 6) is 1.32. The molecule has 2 N–H and O–H groups in total. The molecule has 0 aliphatic carbocycles. The van der Waals surface area contributed by atoms with Crippen molar-refractivity contribution in [2.24, 2.45) is 7.05 Å². The Balaban J connectivity index is 1.98. The monoisotopic (exact) mass is 351 g/mol. The number of aromatic amines is 2. The predicted molar refractivity (Wildman–Crippen MR) is 98.1 cm³/mol. The molecule has 8 heteroatoms. The molecule has 0 unspecified atom stereocenters. The molecule has 2 aromatic heterocycles. The first-order valence-electron chi connectivity index (χ1n) is 8.29. The summed E-state index contributed by atoms with van der Waals surface area (Å²) in [5.41, 5.74) is 0.408. The van der Waals surface area contributed by atoms with Gasteiger partial charge in [0.15, 0.2) is 0 Å². The molecule has 4 rings (SSSR count). The number of anilines is 2. The summed E-state index contributed by atoms with van der Waals surface area (Å²) in [7, 11) is 1.41. The summed E-state index contributed by atoms with van der Waals surface area (Å²) in [6.07, 6.45) is 0.127. The Kier molecular flexibility index (Phi) is 3.61. The van der Waals surface area contributed by atoms with Crippen LogP contribution < -0.4 is 21.7 Å². The lowest BCUT2D eigenvalue weighted by atomic mass is 10.0. The van der Waals surface area contributed by atoms with Crippen LogP contribution in [0.5, 0.6) is 0 Å². The van der Waals surface area contributed by atoms with Gasteiger partial charge in [-0.05, 0) is 6.92 Å². The molecule has 3 aromatic rings. The van der Waals surface area contributed by atoms with Crippen molar-refractivity contribution >= 4 is 11.6 Å². The van der Waals surface area contributed by atoms with Crippen molar-refractivity contribution in [1.82, 2.24) is 19.5 Å². The Labute approximate surface area is 147 Å². The number of aromatic nitrogens is 4. The fraction of sp³-hybridized carbons (Fsp3) is 0.222. The maximum Gasteiger partial charge on any atom is 0.329 e. The van der Waals surface area contributed by atoms with Gasteiger partial charge in [0.25, 0.3) is 11.1 Å². The van der Waals surface area contributed by atoms with Crippen LogP contribution in [0.3, 0.4) is 0 Å². The minimum Gasteiger partial charge on any atom is -0.312 e. The summed E-state index contributed by atoms with van der Waals surface area (Å²) in [4.78, 5) is 49.1. The van der Waals surface area contributed by atoms with Crippen LogP contribution in [0.25, 0.3) is 11.4 Å². The van der Waals surface area contributed by atoms with Crippen LogP contribution in [-0.4, -0.2) is 26.1 Å². The van der Waals surface area contributed by atoms with E-state index in [0.717, 1.165) is 10.1 Å². The Morgan fingerprint density at radius 3 is 2.50 bits per heavy atom. The van der Waals surface area contributed by atoms with Gasteiger partial charge in [-0.2, -0.15) is 0 Å². The summed E-state index contributed by atoms with van der Waals surface area (Å²) < 4.78 is 1.01. The molecule has 0 spiro atoms. The molecule has 1 aromatic carbocycles. The molecular weight excluding hydrogens is 334 g/mol. The summed E-state index contributed by atoms with van der Waals surface area (Å²) in [6, 6.07) is 9.32. The topological polar surface area (TPSA) is 104 Å². The maximum absolute atomic E-state index is 12.7. The quantitative estimate of drug-likeness (QED) is 0.713. The van der Waals surface area contributed by atoms with Gasteiger partial charge < -0.3 is 9.88 Å². The highest BCUT2D eigenvalue weighted by atomic mass is 16.2. The molecule has 0 saturated heterocycles. The largest absolute Gasteiger partial charge is 0.329 e. The van der Waals surface area contributed by atoms with E-state index in [-0.39, 0.29) is 12.0 Å². The predicted octanol–water partition coefficient (Wildman–Crippen LogP) is 0.886. The molecule has 3 heterocycles. The summed E-state index contributed by atoms with van der Waals surface area (Å²) >= 11 is 0. The van der Waals surface area contributed by atoms with E-state index in [2.05, 4.69) is 15.0 Å². The van der Waals surface area contributed by atoms with Crippen molar-refractivity contribution in [2.75, 3.05) is 11.4 Å². The van der Waals surface area contributed by atoms with E-state index in [1.807, 2.05) is 37.3 Å². The van der Waals surface area contributed by atoms with Gasteiger partial charge in [-0.15, -0.1) is 0 Å². The van der Waals surface area contributed by atoms with Crippen molar-refractivity contribution in [3.05, 3.63) is 72.7 Å². The van der Waals surface area contributed by atoms with Gasteiger partial charge in [-0.1, -0.05) is 30.3 Å². The first-order valence-corrected chi connectivity index (χ1v) is 8.29. The van der Waals surface area contributed by atoms with E-state index in [1.54, 1.807) is 4.90 Å². The van der Waals surface area contributed by atoms with E-state index < -0.39 is 11.2 Å². The third-order valence-electron chi connectivity index (χ3n) is 4.61. The van der Waals surface area contributed by atoms with Gasteiger partial charge in [-0.3, -0.25) is 19.1 Å². The standard InChI is InChI=1S/C18H17N5O3/c1-3-23-14-11(9-12-15(23)21-18(26)22(2)17(12)25)16(24)20-13(19-14)10-7-5-4-6-8-10/h4-8H,3,9H2,1-2H3,(H,21,26)(H,19,20,24). The number of nitrogens with one attached hydrogen (secondary N) is 2. The second kappa shape index (κ2) is 5.83. The molecule has 1 aliphatic rings. The minimum absolute atomic E-state index is 0.127. The molecule has 0 radical (unpaired) electrons. The van der Waals surface area contributed by atoms with Gasteiger partial charge in [0.1, 0.15) is 17.5 Å². The van der Waals surface area contributed by atoms with Crippen molar-refractivity contribution in [2.45, 2.75) is 13.3 Å². The molecule has 8 nitrogen and oxygen atoms in total. The zero-order chi connectivity index (χ0) is 18.4. The maximum atomic E-state index is 12.7. The van der Waals surface area contributed by atoms with Crippen LogP contribution in [0.1, 0.15) is 18.1 Å². The van der Waals surface area contributed by atoms with Crippen molar-refractivity contribution < 1.29 is 0 Å².